The molecule has 0 unspecified atom stereocenters. The molecule has 0 atom stereocenters. The van der Waals surface area contributed by atoms with Crippen LogP contribution in [0.5, 0.6) is 11.5 Å². The second-order valence-electron chi connectivity index (χ2n) is 6.04. The molecule has 0 spiro atoms. The maximum absolute atomic E-state index is 13.0. The van der Waals surface area contributed by atoms with Crippen LogP contribution in [0.25, 0.3) is 0 Å². The molecular formula is C21H18BrFN2O4. The molecule has 0 aliphatic rings. The number of nitrogens with zero attached hydrogens (tertiary/aromatic N) is 1. The van der Waals surface area contributed by atoms with Crippen LogP contribution in [0.4, 0.5) is 4.39 Å². The number of rotatable bonds is 7. The van der Waals surface area contributed by atoms with E-state index in [-0.39, 0.29) is 18.3 Å². The molecule has 1 heterocycles. The van der Waals surface area contributed by atoms with Gasteiger partial charge in [-0.3, -0.25) is 4.79 Å². The van der Waals surface area contributed by atoms with Gasteiger partial charge in [0.25, 0.3) is 5.91 Å². The zero-order valence-corrected chi connectivity index (χ0v) is 17.3. The zero-order valence-electron chi connectivity index (χ0n) is 15.7. The number of benzene rings is 2. The summed E-state index contributed by atoms with van der Waals surface area (Å²) in [6.07, 6.45) is 2.94. The number of carbonyl (C=O) groups excluding carboxylic acids is 1. The predicted octanol–water partition coefficient (Wildman–Crippen LogP) is 4.84. The first-order valence-electron chi connectivity index (χ1n) is 8.60. The number of aryl methyl sites for hydroxylation is 1. The molecule has 0 aliphatic heterocycles. The first-order valence-corrected chi connectivity index (χ1v) is 9.39. The van der Waals surface area contributed by atoms with Crippen molar-refractivity contribution >= 4 is 28.1 Å². The molecule has 1 amide bonds. The van der Waals surface area contributed by atoms with Crippen LogP contribution in [0.3, 0.4) is 0 Å². The lowest BCUT2D eigenvalue weighted by Crippen LogP contribution is -2.17. The summed E-state index contributed by atoms with van der Waals surface area (Å²) in [4.78, 5) is 12.0. The second-order valence-corrected chi connectivity index (χ2v) is 6.89. The summed E-state index contributed by atoms with van der Waals surface area (Å²) in [5.74, 6) is 0.848. The summed E-state index contributed by atoms with van der Waals surface area (Å²) < 4.78 is 30.0. The molecule has 0 bridgehead atoms. The third-order valence-electron chi connectivity index (χ3n) is 4.03. The van der Waals surface area contributed by atoms with Gasteiger partial charge in [0.2, 0.25) is 0 Å². The van der Waals surface area contributed by atoms with Crippen LogP contribution in [-0.4, -0.2) is 19.2 Å². The Labute approximate surface area is 175 Å². The highest BCUT2D eigenvalue weighted by atomic mass is 79.9. The minimum Gasteiger partial charge on any atom is -0.493 e. The highest BCUT2D eigenvalue weighted by Crippen LogP contribution is 2.36. The van der Waals surface area contributed by atoms with Crippen LogP contribution in [0, 0.1) is 12.7 Å². The molecule has 1 aromatic heterocycles. The van der Waals surface area contributed by atoms with Crippen LogP contribution in [0.15, 0.2) is 62.7 Å². The number of amides is 1. The molecule has 3 aromatic rings. The van der Waals surface area contributed by atoms with E-state index in [1.54, 1.807) is 37.3 Å². The molecule has 6 nitrogen and oxygen atoms in total. The minimum atomic E-state index is -0.363. The molecule has 0 aliphatic carbocycles. The number of furan rings is 1. The van der Waals surface area contributed by atoms with Crippen LogP contribution in [-0.2, 0) is 6.61 Å². The topological polar surface area (TPSA) is 73.1 Å². The van der Waals surface area contributed by atoms with E-state index >= 15 is 0 Å². The number of hydrogen-bond acceptors (Lipinski definition) is 5. The molecular weight excluding hydrogens is 443 g/mol. The number of hydrogen-bond donors (Lipinski definition) is 1. The third kappa shape index (κ3) is 5.23. The fourth-order valence-corrected chi connectivity index (χ4v) is 3.11. The van der Waals surface area contributed by atoms with E-state index in [1.807, 2.05) is 0 Å². The van der Waals surface area contributed by atoms with Crippen molar-refractivity contribution in [3.8, 4) is 11.5 Å². The van der Waals surface area contributed by atoms with E-state index in [4.69, 9.17) is 13.9 Å². The predicted molar refractivity (Wildman–Crippen MR) is 110 cm³/mol. The summed E-state index contributed by atoms with van der Waals surface area (Å²) in [5, 5.41) is 3.97. The van der Waals surface area contributed by atoms with Gasteiger partial charge in [0, 0.05) is 0 Å². The average Bonchev–Trinajstić information content (AvgIpc) is 3.14. The fraction of sp³-hybridized carbons (Fsp3) is 0.143. The Hall–Kier alpha value is -3.13. The van der Waals surface area contributed by atoms with Crippen molar-refractivity contribution in [3.63, 3.8) is 0 Å². The van der Waals surface area contributed by atoms with Crippen molar-refractivity contribution in [2.75, 3.05) is 7.11 Å². The van der Waals surface area contributed by atoms with Gasteiger partial charge in [-0.15, -0.1) is 0 Å². The Morgan fingerprint density at radius 1 is 1.28 bits per heavy atom. The SMILES string of the molecule is COc1cc(/C=N\NC(=O)c2ccoc2C)cc(Br)c1OCc1ccc(F)cc1. The Kier molecular flexibility index (Phi) is 6.66. The molecule has 3 rings (SSSR count). The van der Waals surface area contributed by atoms with Gasteiger partial charge >= 0.3 is 0 Å². The fourth-order valence-electron chi connectivity index (χ4n) is 2.54. The quantitative estimate of drug-likeness (QED) is 0.404. The molecule has 0 radical (unpaired) electrons. The molecule has 150 valence electrons. The van der Waals surface area contributed by atoms with E-state index in [0.29, 0.717) is 32.9 Å². The summed E-state index contributed by atoms with van der Waals surface area (Å²) >= 11 is 3.46. The Morgan fingerprint density at radius 3 is 2.69 bits per heavy atom. The maximum atomic E-state index is 13.0. The largest absolute Gasteiger partial charge is 0.493 e. The van der Waals surface area contributed by atoms with Crippen LogP contribution < -0.4 is 14.9 Å². The Morgan fingerprint density at radius 2 is 2.03 bits per heavy atom. The average molecular weight is 461 g/mol. The third-order valence-corrected chi connectivity index (χ3v) is 4.62. The lowest BCUT2D eigenvalue weighted by Gasteiger charge is -2.13. The molecule has 2 aromatic carbocycles. The molecule has 0 saturated carbocycles. The number of halogens is 2. The van der Waals surface area contributed by atoms with Crippen LogP contribution in [0.1, 0.15) is 27.2 Å². The van der Waals surface area contributed by atoms with Gasteiger partial charge in [-0.1, -0.05) is 12.1 Å². The smallest absolute Gasteiger partial charge is 0.274 e. The lowest BCUT2D eigenvalue weighted by molar-refractivity contribution is 0.0953. The number of nitrogens with one attached hydrogen (secondary N) is 1. The summed E-state index contributed by atoms with van der Waals surface area (Å²) in [6, 6.07) is 11.1. The van der Waals surface area contributed by atoms with Crippen molar-refractivity contribution in [2.24, 2.45) is 5.10 Å². The number of ether oxygens (including phenoxy) is 2. The second kappa shape index (κ2) is 9.38. The summed E-state index contributed by atoms with van der Waals surface area (Å²) in [5.41, 5.74) is 4.38. The minimum absolute atomic E-state index is 0.253. The van der Waals surface area contributed by atoms with E-state index in [0.717, 1.165) is 5.56 Å². The Bertz CT molecular complexity index is 1030. The molecule has 8 heteroatoms. The maximum Gasteiger partial charge on any atom is 0.274 e. The molecule has 0 fully saturated rings. The first-order chi connectivity index (χ1) is 14.0. The van der Waals surface area contributed by atoms with Crippen LogP contribution >= 0.6 is 15.9 Å². The summed E-state index contributed by atoms with van der Waals surface area (Å²) in [7, 11) is 1.52. The van der Waals surface area contributed by atoms with E-state index in [2.05, 4.69) is 26.5 Å². The summed E-state index contributed by atoms with van der Waals surface area (Å²) in [6.45, 7) is 1.95. The van der Waals surface area contributed by atoms with Gasteiger partial charge in [0.15, 0.2) is 11.5 Å². The lowest BCUT2D eigenvalue weighted by atomic mass is 10.2. The van der Waals surface area contributed by atoms with Crippen molar-refractivity contribution in [1.29, 1.82) is 0 Å². The highest BCUT2D eigenvalue weighted by Gasteiger charge is 2.13. The van der Waals surface area contributed by atoms with Crippen molar-refractivity contribution in [2.45, 2.75) is 13.5 Å². The molecule has 1 N–H and O–H groups in total. The van der Waals surface area contributed by atoms with Gasteiger partial charge in [-0.2, -0.15) is 5.10 Å². The number of carbonyl (C=O) groups is 1. The molecule has 29 heavy (non-hydrogen) atoms. The van der Waals surface area contributed by atoms with Crippen LogP contribution in [0.2, 0.25) is 0 Å². The Balaban J connectivity index is 1.69. The van der Waals surface area contributed by atoms with Gasteiger partial charge in [-0.05, 0) is 64.3 Å². The van der Waals surface area contributed by atoms with E-state index in [1.165, 1.54) is 31.7 Å². The van der Waals surface area contributed by atoms with Gasteiger partial charge in [-0.25, -0.2) is 9.82 Å². The van der Waals surface area contributed by atoms with Crippen molar-refractivity contribution in [3.05, 3.63) is 81.5 Å². The van der Waals surface area contributed by atoms with Gasteiger partial charge in [0.1, 0.15) is 18.2 Å². The number of methoxy groups -OCH3 is 1. The van der Waals surface area contributed by atoms with E-state index in [9.17, 15) is 9.18 Å². The number of hydrazone groups is 1. The monoisotopic (exact) mass is 460 g/mol. The van der Waals surface area contributed by atoms with Crippen molar-refractivity contribution in [1.82, 2.24) is 5.43 Å². The molecule has 0 saturated heterocycles. The van der Waals surface area contributed by atoms with E-state index < -0.39 is 0 Å². The standard InChI is InChI=1S/C21H18BrFN2O4/c1-13-17(7-8-28-13)21(26)25-24-11-15-9-18(22)20(19(10-15)27-2)29-12-14-3-5-16(23)6-4-14/h3-11H,12H2,1-2H3,(H,25,26)/b24-11-. The highest BCUT2D eigenvalue weighted by molar-refractivity contribution is 9.10. The first kappa shape index (κ1) is 20.6. The normalized spacial score (nSPS) is 10.9. The van der Waals surface area contributed by atoms with Gasteiger partial charge in [0.05, 0.1) is 29.6 Å². The van der Waals surface area contributed by atoms with Gasteiger partial charge < -0.3 is 13.9 Å². The zero-order chi connectivity index (χ0) is 20.8. The van der Waals surface area contributed by atoms with Crippen molar-refractivity contribution < 1.29 is 23.1 Å².